The molecule has 1 N–H and O–H groups in total. The summed E-state index contributed by atoms with van der Waals surface area (Å²) in [5.41, 5.74) is 1.40. The number of aryl methyl sites for hydroxylation is 1. The van der Waals surface area contributed by atoms with E-state index in [0.29, 0.717) is 21.3 Å². The van der Waals surface area contributed by atoms with Crippen LogP contribution >= 0.6 is 15.9 Å². The molecule has 0 saturated carbocycles. The first-order chi connectivity index (χ1) is 10.7. The lowest BCUT2D eigenvalue weighted by atomic mass is 10.2. The maximum absolute atomic E-state index is 12.6. The fourth-order valence-corrected chi connectivity index (χ4v) is 3.88. The highest BCUT2D eigenvalue weighted by atomic mass is 79.9. The van der Waals surface area contributed by atoms with E-state index in [4.69, 9.17) is 0 Å². The van der Waals surface area contributed by atoms with Crippen LogP contribution in [-0.2, 0) is 10.0 Å². The molecule has 0 atom stereocenters. The van der Waals surface area contributed by atoms with Crippen molar-refractivity contribution in [3.63, 3.8) is 0 Å². The Hall–Kier alpha value is -1.86. The van der Waals surface area contributed by atoms with Crippen LogP contribution in [0.1, 0.15) is 15.9 Å². The lowest BCUT2D eigenvalue weighted by Crippen LogP contribution is -2.22. The number of hydrogen-bond acceptors (Lipinski definition) is 3. The molecule has 0 aliphatic heterocycles. The quantitative estimate of drug-likeness (QED) is 0.861. The van der Waals surface area contributed by atoms with Crippen LogP contribution in [0.5, 0.6) is 0 Å². The van der Waals surface area contributed by atoms with E-state index in [2.05, 4.69) is 20.7 Å². The molecule has 7 heteroatoms. The van der Waals surface area contributed by atoms with Gasteiger partial charge >= 0.3 is 0 Å². The predicted octanol–water partition coefficient (Wildman–Crippen LogP) is 3.26. The van der Waals surface area contributed by atoms with E-state index in [1.807, 2.05) is 0 Å². The van der Waals surface area contributed by atoms with Gasteiger partial charge in [0.15, 0.2) is 0 Å². The summed E-state index contributed by atoms with van der Waals surface area (Å²) in [5.74, 6) is -0.190. The second-order valence-corrected chi connectivity index (χ2v) is 7.86. The van der Waals surface area contributed by atoms with E-state index in [9.17, 15) is 13.2 Å². The van der Waals surface area contributed by atoms with E-state index < -0.39 is 10.0 Å². The number of carbonyl (C=O) groups is 1. The Morgan fingerprint density at radius 1 is 1.13 bits per heavy atom. The Kier molecular flexibility index (Phi) is 5.11. The molecule has 0 unspecified atom stereocenters. The van der Waals surface area contributed by atoms with Crippen molar-refractivity contribution in [2.75, 3.05) is 18.8 Å². The van der Waals surface area contributed by atoms with Crippen LogP contribution in [-0.4, -0.2) is 33.3 Å². The third kappa shape index (κ3) is 4.11. The Bertz CT molecular complexity index is 848. The monoisotopic (exact) mass is 396 g/mol. The highest BCUT2D eigenvalue weighted by Crippen LogP contribution is 2.23. The first kappa shape index (κ1) is 17.5. The summed E-state index contributed by atoms with van der Waals surface area (Å²) in [6.07, 6.45) is 0. The smallest absolute Gasteiger partial charge is 0.262 e. The van der Waals surface area contributed by atoms with Crippen LogP contribution in [0.15, 0.2) is 51.8 Å². The van der Waals surface area contributed by atoms with Crippen LogP contribution in [0.25, 0.3) is 0 Å². The summed E-state index contributed by atoms with van der Waals surface area (Å²) < 4.78 is 28.3. The maximum Gasteiger partial charge on any atom is 0.262 e. The minimum Gasteiger partial charge on any atom is -0.345 e. The van der Waals surface area contributed by atoms with Crippen molar-refractivity contribution >= 4 is 37.5 Å². The number of rotatable bonds is 4. The van der Waals surface area contributed by atoms with Crippen LogP contribution < -0.4 is 4.72 Å². The summed E-state index contributed by atoms with van der Waals surface area (Å²) in [6.45, 7) is 1.73. The number of amides is 1. The Balaban J connectivity index is 2.36. The van der Waals surface area contributed by atoms with E-state index in [1.54, 1.807) is 57.4 Å². The Morgan fingerprint density at radius 2 is 1.83 bits per heavy atom. The van der Waals surface area contributed by atoms with Crippen LogP contribution in [0.3, 0.4) is 0 Å². The average molecular weight is 397 g/mol. The van der Waals surface area contributed by atoms with Crippen LogP contribution in [0.2, 0.25) is 0 Å². The molecule has 5 nitrogen and oxygen atoms in total. The number of anilines is 1. The van der Waals surface area contributed by atoms with Crippen molar-refractivity contribution in [2.24, 2.45) is 0 Å². The van der Waals surface area contributed by atoms with Gasteiger partial charge in [-0.05, 0) is 42.8 Å². The van der Waals surface area contributed by atoms with Crippen molar-refractivity contribution in [1.29, 1.82) is 0 Å². The predicted molar refractivity (Wildman–Crippen MR) is 94.1 cm³/mol. The van der Waals surface area contributed by atoms with E-state index in [0.717, 1.165) is 0 Å². The van der Waals surface area contributed by atoms with Crippen LogP contribution in [0, 0.1) is 6.92 Å². The third-order valence-corrected chi connectivity index (χ3v) is 5.22. The van der Waals surface area contributed by atoms with E-state index >= 15 is 0 Å². The van der Waals surface area contributed by atoms with E-state index in [1.165, 1.54) is 11.0 Å². The van der Waals surface area contributed by atoms with Crippen molar-refractivity contribution in [3.8, 4) is 0 Å². The van der Waals surface area contributed by atoms with Crippen molar-refractivity contribution in [1.82, 2.24) is 4.90 Å². The van der Waals surface area contributed by atoms with Crippen molar-refractivity contribution < 1.29 is 13.2 Å². The zero-order valence-electron chi connectivity index (χ0n) is 13.0. The molecule has 0 fully saturated rings. The van der Waals surface area contributed by atoms with Gasteiger partial charge in [-0.25, -0.2) is 8.42 Å². The molecule has 0 bridgehead atoms. The number of hydrogen-bond donors (Lipinski definition) is 1. The zero-order chi connectivity index (χ0) is 17.2. The summed E-state index contributed by atoms with van der Waals surface area (Å²) in [7, 11) is -0.448. The van der Waals surface area contributed by atoms with Gasteiger partial charge in [0, 0.05) is 29.8 Å². The number of benzene rings is 2. The topological polar surface area (TPSA) is 66.5 Å². The molecule has 0 aliphatic rings. The number of sulfonamides is 1. The van der Waals surface area contributed by atoms with Gasteiger partial charge in [0.25, 0.3) is 15.9 Å². The zero-order valence-corrected chi connectivity index (χ0v) is 15.4. The molecular weight excluding hydrogens is 380 g/mol. The Morgan fingerprint density at radius 3 is 2.48 bits per heavy atom. The second-order valence-electron chi connectivity index (χ2n) is 5.30. The number of carbonyl (C=O) groups excluding carboxylic acids is 1. The molecule has 2 aromatic rings. The molecule has 0 aliphatic carbocycles. The molecule has 0 heterocycles. The molecule has 122 valence electrons. The van der Waals surface area contributed by atoms with Gasteiger partial charge in [0.05, 0.1) is 4.90 Å². The summed E-state index contributed by atoms with van der Waals surface area (Å²) in [6, 6.07) is 11.5. The number of nitrogens with one attached hydrogen (secondary N) is 1. The molecule has 0 radical (unpaired) electrons. The molecule has 2 aromatic carbocycles. The summed E-state index contributed by atoms with van der Waals surface area (Å²) in [4.78, 5) is 13.6. The third-order valence-electron chi connectivity index (χ3n) is 3.21. The van der Waals surface area contributed by atoms with Gasteiger partial charge in [0.2, 0.25) is 0 Å². The number of nitrogens with zero attached hydrogens (tertiary/aromatic N) is 1. The summed E-state index contributed by atoms with van der Waals surface area (Å²) >= 11 is 3.28. The van der Waals surface area contributed by atoms with Gasteiger partial charge in [-0.15, -0.1) is 0 Å². The lowest BCUT2D eigenvalue weighted by Gasteiger charge is -2.13. The molecule has 1 amide bonds. The average Bonchev–Trinajstić information content (AvgIpc) is 2.48. The van der Waals surface area contributed by atoms with Crippen molar-refractivity contribution in [3.05, 3.63) is 58.1 Å². The standard InChI is InChI=1S/C16H17BrN2O3S/c1-11-7-8-13(17)10-15(11)23(21,22)18-14-6-4-5-12(9-14)16(20)19(2)3/h4-10,18H,1-3H3. The highest BCUT2D eigenvalue weighted by molar-refractivity contribution is 9.10. The SMILES string of the molecule is Cc1ccc(Br)cc1S(=O)(=O)Nc1cccc(C(=O)N(C)C)c1. The Labute approximate surface area is 144 Å². The highest BCUT2D eigenvalue weighted by Gasteiger charge is 2.18. The molecule has 0 saturated heterocycles. The minimum absolute atomic E-state index is 0.190. The normalized spacial score (nSPS) is 11.1. The first-order valence-electron chi connectivity index (χ1n) is 6.81. The molecule has 2 rings (SSSR count). The van der Waals surface area contributed by atoms with Gasteiger partial charge in [0.1, 0.15) is 0 Å². The molecule has 23 heavy (non-hydrogen) atoms. The molecule has 0 spiro atoms. The number of halogens is 1. The fraction of sp³-hybridized carbons (Fsp3) is 0.188. The van der Waals surface area contributed by atoms with E-state index in [-0.39, 0.29) is 10.8 Å². The second kappa shape index (κ2) is 6.72. The molecule has 0 aromatic heterocycles. The lowest BCUT2D eigenvalue weighted by molar-refractivity contribution is 0.0827. The first-order valence-corrected chi connectivity index (χ1v) is 9.09. The van der Waals surface area contributed by atoms with Gasteiger partial charge in [-0.2, -0.15) is 0 Å². The molecular formula is C16H17BrN2O3S. The van der Waals surface area contributed by atoms with Gasteiger partial charge in [-0.3, -0.25) is 9.52 Å². The fourth-order valence-electron chi connectivity index (χ4n) is 2.05. The van der Waals surface area contributed by atoms with Crippen LogP contribution in [0.4, 0.5) is 5.69 Å². The minimum atomic E-state index is -3.73. The maximum atomic E-state index is 12.6. The summed E-state index contributed by atoms with van der Waals surface area (Å²) in [5, 5.41) is 0. The van der Waals surface area contributed by atoms with Gasteiger partial charge in [-0.1, -0.05) is 28.1 Å². The van der Waals surface area contributed by atoms with Gasteiger partial charge < -0.3 is 4.90 Å². The van der Waals surface area contributed by atoms with Crippen molar-refractivity contribution in [2.45, 2.75) is 11.8 Å². The largest absolute Gasteiger partial charge is 0.345 e.